The number of pyridine rings is 1. The molecule has 0 radical (unpaired) electrons. The second-order valence-electron chi connectivity index (χ2n) is 5.13. The minimum Gasteiger partial charge on any atom is -0.375 e. The molecule has 0 amide bonds. The highest BCUT2D eigenvalue weighted by atomic mass is 16.6. The molecule has 1 aromatic heterocycles. The minimum atomic E-state index is -0.497. The molecule has 2 atom stereocenters. The highest BCUT2D eigenvalue weighted by Gasteiger charge is 2.22. The topological polar surface area (TPSA) is 77.3 Å². The van der Waals surface area contributed by atoms with E-state index in [0.717, 1.165) is 5.56 Å². The lowest BCUT2D eigenvalue weighted by Gasteiger charge is -2.24. The van der Waals surface area contributed by atoms with Crippen molar-refractivity contribution in [3.05, 3.63) is 63.8 Å². The van der Waals surface area contributed by atoms with Crippen LogP contribution in [0.5, 0.6) is 0 Å². The Labute approximate surface area is 129 Å². The summed E-state index contributed by atoms with van der Waals surface area (Å²) in [7, 11) is 1.63. The smallest absolute Gasteiger partial charge is 0.375 e. The molecule has 6 heteroatoms. The molecular formula is C16H19N3O3. The summed E-state index contributed by atoms with van der Waals surface area (Å²) in [6.45, 7) is 3.94. The van der Waals surface area contributed by atoms with Crippen LogP contribution in [0.4, 0.5) is 11.5 Å². The molecule has 2 rings (SSSR count). The van der Waals surface area contributed by atoms with Crippen LogP contribution in [-0.4, -0.2) is 23.1 Å². The van der Waals surface area contributed by atoms with Gasteiger partial charge in [-0.25, -0.2) is 0 Å². The first-order valence-electron chi connectivity index (χ1n) is 6.98. The number of nitrogens with one attached hydrogen (secondary N) is 1. The Morgan fingerprint density at radius 1 is 1.27 bits per heavy atom. The van der Waals surface area contributed by atoms with Gasteiger partial charge in [-0.1, -0.05) is 29.8 Å². The maximum atomic E-state index is 11.0. The van der Waals surface area contributed by atoms with Gasteiger partial charge in [-0.2, -0.15) is 0 Å². The minimum absolute atomic E-state index is 0.157. The number of nitro groups is 1. The van der Waals surface area contributed by atoms with Crippen LogP contribution in [0.1, 0.15) is 24.2 Å². The van der Waals surface area contributed by atoms with E-state index in [1.807, 2.05) is 38.1 Å². The molecule has 0 saturated carbocycles. The van der Waals surface area contributed by atoms with E-state index in [1.54, 1.807) is 19.2 Å². The summed E-state index contributed by atoms with van der Waals surface area (Å²) in [5.74, 6) is -0.187. The fourth-order valence-corrected chi connectivity index (χ4v) is 2.36. The van der Waals surface area contributed by atoms with E-state index in [1.165, 1.54) is 11.8 Å². The number of nitrogens with zero attached hydrogens (tertiary/aromatic N) is 2. The fraction of sp³-hybridized carbons (Fsp3) is 0.312. The molecule has 2 aromatic rings. The van der Waals surface area contributed by atoms with Gasteiger partial charge >= 0.3 is 5.82 Å². The van der Waals surface area contributed by atoms with E-state index in [-0.39, 0.29) is 18.0 Å². The number of methoxy groups -OCH3 is 1. The summed E-state index contributed by atoms with van der Waals surface area (Å²) in [5.41, 5.74) is 2.57. The summed E-state index contributed by atoms with van der Waals surface area (Å²) in [5, 5.41) is 14.1. The van der Waals surface area contributed by atoms with Crippen molar-refractivity contribution in [2.24, 2.45) is 0 Å². The van der Waals surface area contributed by atoms with Gasteiger partial charge in [-0.05, 0) is 41.5 Å². The zero-order chi connectivity index (χ0) is 16.1. The highest BCUT2D eigenvalue weighted by molar-refractivity contribution is 5.57. The predicted molar refractivity (Wildman–Crippen MR) is 84.9 cm³/mol. The van der Waals surface area contributed by atoms with Crippen LogP contribution in [0.15, 0.2) is 42.6 Å². The third-order valence-electron chi connectivity index (χ3n) is 3.46. The third-order valence-corrected chi connectivity index (χ3v) is 3.46. The molecular weight excluding hydrogens is 282 g/mol. The molecule has 0 bridgehead atoms. The zero-order valence-corrected chi connectivity index (χ0v) is 12.8. The molecule has 0 aliphatic rings. The molecule has 0 spiro atoms. The van der Waals surface area contributed by atoms with E-state index < -0.39 is 4.92 Å². The van der Waals surface area contributed by atoms with Crippen molar-refractivity contribution in [3.8, 4) is 0 Å². The Morgan fingerprint density at radius 2 is 1.95 bits per heavy atom. The van der Waals surface area contributed by atoms with Crippen molar-refractivity contribution in [3.63, 3.8) is 0 Å². The van der Waals surface area contributed by atoms with Crippen molar-refractivity contribution in [1.82, 2.24) is 4.98 Å². The Bertz CT molecular complexity index is 643. The number of hydrogen-bond donors (Lipinski definition) is 1. The first-order valence-corrected chi connectivity index (χ1v) is 6.98. The third kappa shape index (κ3) is 3.59. The van der Waals surface area contributed by atoms with E-state index in [4.69, 9.17) is 4.74 Å². The molecule has 1 heterocycles. The van der Waals surface area contributed by atoms with E-state index in [0.29, 0.717) is 5.69 Å². The maximum absolute atomic E-state index is 11.0. The summed E-state index contributed by atoms with van der Waals surface area (Å²) >= 11 is 0. The summed E-state index contributed by atoms with van der Waals surface area (Å²) in [6, 6.07) is 11.2. The van der Waals surface area contributed by atoms with Crippen LogP contribution in [-0.2, 0) is 4.74 Å². The van der Waals surface area contributed by atoms with E-state index in [2.05, 4.69) is 10.3 Å². The van der Waals surface area contributed by atoms with Crippen molar-refractivity contribution in [2.75, 3.05) is 12.4 Å². The first-order chi connectivity index (χ1) is 10.5. The van der Waals surface area contributed by atoms with Crippen LogP contribution in [0.2, 0.25) is 0 Å². The van der Waals surface area contributed by atoms with Gasteiger partial charge in [-0.15, -0.1) is 0 Å². The fourth-order valence-electron chi connectivity index (χ4n) is 2.36. The van der Waals surface area contributed by atoms with Gasteiger partial charge in [0.05, 0.1) is 6.04 Å². The summed E-state index contributed by atoms with van der Waals surface area (Å²) in [6.07, 6.45) is 1.18. The van der Waals surface area contributed by atoms with Gasteiger partial charge in [0.1, 0.15) is 18.0 Å². The molecule has 0 saturated heterocycles. The lowest BCUT2D eigenvalue weighted by molar-refractivity contribution is -0.388. The molecule has 22 heavy (non-hydrogen) atoms. The summed E-state index contributed by atoms with van der Waals surface area (Å²) in [4.78, 5) is 14.3. The number of ether oxygens (including phenoxy) is 1. The molecule has 0 unspecified atom stereocenters. The largest absolute Gasteiger partial charge is 0.386 e. The van der Waals surface area contributed by atoms with Gasteiger partial charge in [0.2, 0.25) is 0 Å². The van der Waals surface area contributed by atoms with Crippen LogP contribution < -0.4 is 5.32 Å². The van der Waals surface area contributed by atoms with Crippen molar-refractivity contribution >= 4 is 11.5 Å². The standard InChI is InChI=1S/C16H19N3O3/c1-11-6-8-13(9-7-11)15(22-3)12(2)18-14-5-4-10-17-16(14)19(20)21/h4-10,12,15,18H,1-3H3/t12-,15-/m0/s1. The highest BCUT2D eigenvalue weighted by Crippen LogP contribution is 2.27. The average Bonchev–Trinajstić information content (AvgIpc) is 2.50. The Morgan fingerprint density at radius 3 is 2.55 bits per heavy atom. The molecule has 0 fully saturated rings. The van der Waals surface area contributed by atoms with Gasteiger partial charge in [0.25, 0.3) is 0 Å². The second kappa shape index (κ2) is 7.00. The number of anilines is 1. The van der Waals surface area contributed by atoms with Crippen LogP contribution in [0, 0.1) is 17.0 Å². The molecule has 0 aliphatic heterocycles. The zero-order valence-electron chi connectivity index (χ0n) is 12.8. The molecule has 116 valence electrons. The number of hydrogen-bond acceptors (Lipinski definition) is 5. The van der Waals surface area contributed by atoms with Gasteiger partial charge < -0.3 is 20.2 Å². The molecule has 1 aromatic carbocycles. The lowest BCUT2D eigenvalue weighted by Crippen LogP contribution is -2.26. The monoisotopic (exact) mass is 301 g/mol. The lowest BCUT2D eigenvalue weighted by atomic mass is 10.0. The van der Waals surface area contributed by atoms with Gasteiger partial charge in [0, 0.05) is 7.11 Å². The summed E-state index contributed by atoms with van der Waals surface area (Å²) < 4.78 is 5.56. The Hall–Kier alpha value is -2.47. The number of rotatable bonds is 6. The number of aryl methyl sites for hydroxylation is 1. The van der Waals surface area contributed by atoms with Crippen molar-refractivity contribution in [2.45, 2.75) is 26.0 Å². The maximum Gasteiger partial charge on any atom is 0.386 e. The Balaban J connectivity index is 2.21. The Kier molecular flexibility index (Phi) is 5.06. The first kappa shape index (κ1) is 15.9. The van der Waals surface area contributed by atoms with Crippen LogP contribution >= 0.6 is 0 Å². The quantitative estimate of drug-likeness (QED) is 0.653. The van der Waals surface area contributed by atoms with Gasteiger partial charge in [0.15, 0.2) is 0 Å². The van der Waals surface area contributed by atoms with E-state index >= 15 is 0 Å². The van der Waals surface area contributed by atoms with E-state index in [9.17, 15) is 10.1 Å². The van der Waals surface area contributed by atoms with Crippen LogP contribution in [0.25, 0.3) is 0 Å². The predicted octanol–water partition coefficient (Wildman–Crippen LogP) is 3.49. The van der Waals surface area contributed by atoms with Crippen LogP contribution in [0.3, 0.4) is 0 Å². The second-order valence-corrected chi connectivity index (χ2v) is 5.13. The number of aromatic nitrogens is 1. The molecule has 0 aliphatic carbocycles. The van der Waals surface area contributed by atoms with Crippen molar-refractivity contribution in [1.29, 1.82) is 0 Å². The average molecular weight is 301 g/mol. The van der Waals surface area contributed by atoms with Crippen molar-refractivity contribution < 1.29 is 9.66 Å². The SMILES string of the molecule is CO[C@H](c1ccc(C)cc1)[C@H](C)Nc1cccnc1[N+](=O)[O-]. The molecule has 6 nitrogen and oxygen atoms in total. The molecule has 1 N–H and O–H groups in total. The van der Waals surface area contributed by atoms with Gasteiger partial charge in [-0.3, -0.25) is 0 Å². The number of benzene rings is 1. The normalized spacial score (nSPS) is 13.4.